The highest BCUT2D eigenvalue weighted by molar-refractivity contribution is 7.86. The molecule has 0 saturated carbocycles. The topological polar surface area (TPSA) is 101 Å². The summed E-state index contributed by atoms with van der Waals surface area (Å²) in [5, 5.41) is 10.1. The van der Waals surface area contributed by atoms with Gasteiger partial charge in [-0.1, -0.05) is 0 Å². The second-order valence-electron chi connectivity index (χ2n) is 10.3. The number of amides is 1. The molecule has 0 unspecified atom stereocenters. The molecule has 1 aromatic heterocycles. The fraction of sp³-hybridized carbons (Fsp3) is 0.560. The second kappa shape index (κ2) is 9.92. The number of anilines is 1. The lowest BCUT2D eigenvalue weighted by Crippen LogP contribution is -2.53. The molecule has 3 heterocycles. The van der Waals surface area contributed by atoms with Crippen molar-refractivity contribution in [1.82, 2.24) is 18.5 Å². The fourth-order valence-corrected chi connectivity index (χ4v) is 6.17. The predicted octanol–water partition coefficient (Wildman–Crippen LogP) is 2.70. The van der Waals surface area contributed by atoms with Gasteiger partial charge in [0.1, 0.15) is 5.82 Å². The first-order chi connectivity index (χ1) is 17.0. The SMILES string of the molecule is CN(C)S(=O)(=O)N1CCN(C(=O)c2cnc3ccc(F)cc3c2N2CCC(C(C)(C)C#N)CC2)CC1. The summed E-state index contributed by atoms with van der Waals surface area (Å²) in [4.78, 5) is 21.9. The van der Waals surface area contributed by atoms with Gasteiger partial charge in [-0.3, -0.25) is 9.78 Å². The number of fused-ring (bicyclic) bond motifs is 1. The number of benzene rings is 1. The molecule has 9 nitrogen and oxygen atoms in total. The van der Waals surface area contributed by atoms with Crippen molar-refractivity contribution in [3.05, 3.63) is 35.8 Å². The lowest BCUT2D eigenvalue weighted by molar-refractivity contribution is 0.0695. The van der Waals surface area contributed by atoms with Crippen molar-refractivity contribution in [3.63, 3.8) is 0 Å². The van der Waals surface area contributed by atoms with Gasteiger partial charge in [-0.2, -0.15) is 22.3 Å². The van der Waals surface area contributed by atoms with Crippen LogP contribution < -0.4 is 4.90 Å². The normalized spacial score (nSPS) is 18.6. The number of nitrogens with zero attached hydrogens (tertiary/aromatic N) is 6. The molecule has 0 aliphatic carbocycles. The molecule has 2 aliphatic rings. The first kappa shape index (κ1) is 26.3. The van der Waals surface area contributed by atoms with Gasteiger partial charge in [0, 0.05) is 64.9 Å². The van der Waals surface area contributed by atoms with Crippen molar-refractivity contribution in [2.45, 2.75) is 26.7 Å². The number of aromatic nitrogens is 1. The Morgan fingerprint density at radius 1 is 1.14 bits per heavy atom. The Balaban J connectivity index is 1.64. The van der Waals surface area contributed by atoms with E-state index in [1.54, 1.807) is 17.2 Å². The fourth-order valence-electron chi connectivity index (χ4n) is 5.09. The molecule has 1 aromatic carbocycles. The van der Waals surface area contributed by atoms with Crippen molar-refractivity contribution < 1.29 is 17.6 Å². The van der Waals surface area contributed by atoms with E-state index in [1.165, 1.54) is 34.8 Å². The Morgan fingerprint density at radius 3 is 2.36 bits per heavy atom. The van der Waals surface area contributed by atoms with Crippen LogP contribution >= 0.6 is 0 Å². The van der Waals surface area contributed by atoms with Gasteiger partial charge in [0.15, 0.2) is 0 Å². The maximum Gasteiger partial charge on any atom is 0.281 e. The van der Waals surface area contributed by atoms with Gasteiger partial charge in [0.05, 0.1) is 28.3 Å². The van der Waals surface area contributed by atoms with Gasteiger partial charge < -0.3 is 9.80 Å². The summed E-state index contributed by atoms with van der Waals surface area (Å²) in [7, 11) is -0.577. The Hall–Kier alpha value is -2.81. The van der Waals surface area contributed by atoms with E-state index in [0.717, 1.165) is 12.8 Å². The van der Waals surface area contributed by atoms with E-state index in [0.29, 0.717) is 35.2 Å². The molecular weight excluding hydrogens is 483 g/mol. The van der Waals surface area contributed by atoms with E-state index < -0.39 is 21.4 Å². The maximum atomic E-state index is 14.3. The number of carbonyl (C=O) groups is 1. The van der Waals surface area contributed by atoms with E-state index in [2.05, 4.69) is 16.0 Å². The molecule has 0 radical (unpaired) electrons. The molecule has 2 aromatic rings. The summed E-state index contributed by atoms with van der Waals surface area (Å²) < 4.78 is 41.8. The minimum atomic E-state index is -3.55. The lowest BCUT2D eigenvalue weighted by atomic mass is 9.74. The zero-order valence-corrected chi connectivity index (χ0v) is 22.1. The average Bonchev–Trinajstić information content (AvgIpc) is 2.87. The van der Waals surface area contributed by atoms with Crippen molar-refractivity contribution in [3.8, 4) is 6.07 Å². The second-order valence-corrected chi connectivity index (χ2v) is 12.4. The predicted molar refractivity (Wildman–Crippen MR) is 136 cm³/mol. The number of hydrogen-bond donors (Lipinski definition) is 0. The summed E-state index contributed by atoms with van der Waals surface area (Å²) in [5.74, 6) is -0.419. The first-order valence-corrected chi connectivity index (χ1v) is 13.6. The minimum absolute atomic E-state index is 0.200. The monoisotopic (exact) mass is 516 g/mol. The molecule has 0 atom stereocenters. The molecule has 2 saturated heterocycles. The quantitative estimate of drug-likeness (QED) is 0.606. The smallest absolute Gasteiger partial charge is 0.281 e. The Labute approximate surface area is 212 Å². The highest BCUT2D eigenvalue weighted by Crippen LogP contribution is 2.38. The van der Waals surface area contributed by atoms with Gasteiger partial charge in [0.25, 0.3) is 16.1 Å². The van der Waals surface area contributed by atoms with Crippen molar-refractivity contribution in [2.75, 3.05) is 58.3 Å². The maximum absolute atomic E-state index is 14.3. The van der Waals surface area contributed by atoms with Crippen molar-refractivity contribution >= 4 is 32.7 Å². The molecule has 1 amide bonds. The number of pyridine rings is 1. The van der Waals surface area contributed by atoms with Crippen LogP contribution in [0.1, 0.15) is 37.0 Å². The summed E-state index contributed by atoms with van der Waals surface area (Å²) >= 11 is 0. The third kappa shape index (κ3) is 4.90. The van der Waals surface area contributed by atoms with Gasteiger partial charge in [0.2, 0.25) is 0 Å². The van der Waals surface area contributed by atoms with Crippen LogP contribution in [0.4, 0.5) is 10.1 Å². The van der Waals surface area contributed by atoms with Gasteiger partial charge in [-0.25, -0.2) is 4.39 Å². The Morgan fingerprint density at radius 2 is 1.78 bits per heavy atom. The van der Waals surface area contributed by atoms with E-state index in [-0.39, 0.29) is 38.0 Å². The Bertz CT molecular complexity index is 1290. The molecule has 2 fully saturated rings. The van der Waals surface area contributed by atoms with E-state index in [1.807, 2.05) is 13.8 Å². The summed E-state index contributed by atoms with van der Waals surface area (Å²) in [6, 6.07) is 6.79. The van der Waals surface area contributed by atoms with Crippen LogP contribution in [0, 0.1) is 28.5 Å². The molecule has 11 heteroatoms. The molecule has 4 rings (SSSR count). The number of piperazine rings is 1. The lowest BCUT2D eigenvalue weighted by Gasteiger charge is -2.40. The van der Waals surface area contributed by atoms with Crippen LogP contribution in [0.5, 0.6) is 0 Å². The van der Waals surface area contributed by atoms with Gasteiger partial charge >= 0.3 is 0 Å². The third-order valence-electron chi connectivity index (χ3n) is 7.47. The van der Waals surface area contributed by atoms with E-state index >= 15 is 0 Å². The first-order valence-electron chi connectivity index (χ1n) is 12.2. The third-order valence-corrected chi connectivity index (χ3v) is 9.41. The van der Waals surface area contributed by atoms with Crippen LogP contribution in [0.3, 0.4) is 0 Å². The van der Waals surface area contributed by atoms with Crippen LogP contribution in [0.25, 0.3) is 10.9 Å². The van der Waals surface area contributed by atoms with E-state index in [9.17, 15) is 22.9 Å². The van der Waals surface area contributed by atoms with Crippen LogP contribution in [-0.2, 0) is 10.2 Å². The van der Waals surface area contributed by atoms with Crippen molar-refractivity contribution in [1.29, 1.82) is 5.26 Å². The number of hydrogen-bond acceptors (Lipinski definition) is 6. The van der Waals surface area contributed by atoms with Crippen LogP contribution in [-0.4, -0.2) is 86.2 Å². The highest BCUT2D eigenvalue weighted by atomic mass is 32.2. The standard InChI is InChI=1S/C25H33FN6O3S/c1-25(2,17-27)18-7-9-30(10-8-18)23-20-15-19(26)5-6-22(20)28-16-21(23)24(33)31-11-13-32(14-12-31)36(34,35)29(3)4/h5-6,15-16,18H,7-14H2,1-4H3. The summed E-state index contributed by atoms with van der Waals surface area (Å²) in [6.07, 6.45) is 3.12. The summed E-state index contributed by atoms with van der Waals surface area (Å²) in [5.41, 5.74) is 1.20. The number of nitriles is 1. The molecule has 0 spiro atoms. The number of halogens is 1. The Kier molecular flexibility index (Phi) is 7.23. The zero-order valence-electron chi connectivity index (χ0n) is 21.2. The zero-order chi connectivity index (χ0) is 26.3. The van der Waals surface area contributed by atoms with E-state index in [4.69, 9.17) is 0 Å². The molecular formula is C25H33FN6O3S. The molecule has 2 aliphatic heterocycles. The van der Waals surface area contributed by atoms with Gasteiger partial charge in [-0.05, 0) is 50.8 Å². The summed E-state index contributed by atoms with van der Waals surface area (Å²) in [6.45, 7) is 6.10. The molecule has 0 bridgehead atoms. The number of piperidine rings is 1. The number of rotatable bonds is 5. The van der Waals surface area contributed by atoms with Gasteiger partial charge in [-0.15, -0.1) is 0 Å². The molecule has 194 valence electrons. The molecule has 0 N–H and O–H groups in total. The number of carbonyl (C=O) groups excluding carboxylic acids is 1. The highest BCUT2D eigenvalue weighted by Gasteiger charge is 2.35. The van der Waals surface area contributed by atoms with Crippen molar-refractivity contribution in [2.24, 2.45) is 11.3 Å². The van der Waals surface area contributed by atoms with Crippen LogP contribution in [0.2, 0.25) is 0 Å². The average molecular weight is 517 g/mol. The molecule has 36 heavy (non-hydrogen) atoms. The minimum Gasteiger partial charge on any atom is -0.370 e. The largest absolute Gasteiger partial charge is 0.370 e. The van der Waals surface area contributed by atoms with Crippen LogP contribution in [0.15, 0.2) is 24.4 Å².